The van der Waals surface area contributed by atoms with Crippen molar-refractivity contribution in [1.82, 2.24) is 21.3 Å². The number of hydrogen-bond acceptors (Lipinski definition) is 7. The molecule has 1 aromatic rings. The molecule has 0 radical (unpaired) electrons. The lowest BCUT2D eigenvalue weighted by atomic mass is 10.0. The second-order valence-electron chi connectivity index (χ2n) is 10.4. The van der Waals surface area contributed by atoms with E-state index in [2.05, 4.69) is 40.4 Å². The molecule has 11 nitrogen and oxygen atoms in total. The van der Waals surface area contributed by atoms with Crippen molar-refractivity contribution in [1.29, 1.82) is 0 Å². The summed E-state index contributed by atoms with van der Waals surface area (Å²) in [6.45, 7) is 9.38. The van der Waals surface area contributed by atoms with E-state index in [0.717, 1.165) is 12.0 Å². The van der Waals surface area contributed by atoms with Gasteiger partial charge in [0.15, 0.2) is 0 Å². The minimum atomic E-state index is -0.771. The third-order valence-corrected chi connectivity index (χ3v) is 5.96. The molecule has 0 unspecified atom stereocenters. The van der Waals surface area contributed by atoms with Crippen LogP contribution in [0.3, 0.4) is 0 Å². The molecule has 0 aliphatic carbocycles. The van der Waals surface area contributed by atoms with Gasteiger partial charge in [-0.1, -0.05) is 26.0 Å². The van der Waals surface area contributed by atoms with Crippen LogP contribution < -0.4 is 26.6 Å². The summed E-state index contributed by atoms with van der Waals surface area (Å²) in [7, 11) is 3.29. The average Bonchev–Trinajstić information content (AvgIpc) is 2.89. The number of alkyl carbamates (subject to hydrolysis) is 1. The number of ether oxygens (including phenoxy) is 2. The molecule has 0 saturated heterocycles. The van der Waals surface area contributed by atoms with E-state index in [-0.39, 0.29) is 31.4 Å². The summed E-state index contributed by atoms with van der Waals surface area (Å²) in [6, 6.07) is 6.09. The Hall–Kier alpha value is -3.18. The van der Waals surface area contributed by atoms with Crippen molar-refractivity contribution in [3.8, 4) is 0 Å². The molecule has 0 spiro atoms. The van der Waals surface area contributed by atoms with Crippen molar-refractivity contribution in [2.45, 2.75) is 78.0 Å². The van der Waals surface area contributed by atoms with Gasteiger partial charge in [-0.25, -0.2) is 4.79 Å². The van der Waals surface area contributed by atoms with E-state index in [4.69, 9.17) is 9.47 Å². The molecule has 0 aliphatic rings. The first kappa shape index (κ1) is 33.8. The number of rotatable bonds is 18. The molecular weight excluding hydrogens is 502 g/mol. The number of carbonyl (C=O) groups is 4. The van der Waals surface area contributed by atoms with Gasteiger partial charge in [0, 0.05) is 25.8 Å². The van der Waals surface area contributed by atoms with Crippen LogP contribution in [0.25, 0.3) is 0 Å². The Labute approximate surface area is 232 Å². The molecule has 0 aliphatic heterocycles. The highest BCUT2D eigenvalue weighted by atomic mass is 16.5. The van der Waals surface area contributed by atoms with Crippen LogP contribution in [0.4, 0.5) is 10.5 Å². The van der Waals surface area contributed by atoms with Crippen LogP contribution in [-0.2, 0) is 30.5 Å². The first-order valence-corrected chi connectivity index (χ1v) is 13.5. The highest BCUT2D eigenvalue weighted by molar-refractivity contribution is 5.97. The molecule has 0 bridgehead atoms. The van der Waals surface area contributed by atoms with E-state index in [0.29, 0.717) is 44.0 Å². The molecule has 4 amide bonds. The largest absolute Gasteiger partial charge is 0.445 e. The van der Waals surface area contributed by atoms with Crippen molar-refractivity contribution >= 4 is 29.5 Å². The van der Waals surface area contributed by atoms with E-state index >= 15 is 0 Å². The van der Waals surface area contributed by atoms with E-state index in [1.54, 1.807) is 24.3 Å². The molecule has 0 heterocycles. The Morgan fingerprint density at radius 3 is 2.28 bits per heavy atom. The Kier molecular flexibility index (Phi) is 15.8. The molecular formula is C28H47N5O6. The Morgan fingerprint density at radius 2 is 1.67 bits per heavy atom. The van der Waals surface area contributed by atoms with Gasteiger partial charge in [0.25, 0.3) is 0 Å². The number of hydrogen-bond donors (Lipinski definition) is 5. The molecule has 39 heavy (non-hydrogen) atoms. The van der Waals surface area contributed by atoms with Gasteiger partial charge in [0.05, 0.1) is 12.1 Å². The highest BCUT2D eigenvalue weighted by Crippen LogP contribution is 2.18. The van der Waals surface area contributed by atoms with Crippen molar-refractivity contribution < 1.29 is 28.7 Å². The van der Waals surface area contributed by atoms with Crippen molar-refractivity contribution in [3.63, 3.8) is 0 Å². The van der Waals surface area contributed by atoms with Gasteiger partial charge in [-0.2, -0.15) is 0 Å². The molecule has 5 N–H and O–H groups in total. The minimum Gasteiger partial charge on any atom is -0.445 e. The van der Waals surface area contributed by atoms with Gasteiger partial charge in [0.1, 0.15) is 12.6 Å². The maximum absolute atomic E-state index is 12.9. The van der Waals surface area contributed by atoms with Crippen LogP contribution in [-0.4, -0.2) is 69.2 Å². The predicted molar refractivity (Wildman–Crippen MR) is 151 cm³/mol. The predicted octanol–water partition coefficient (Wildman–Crippen LogP) is 2.70. The normalized spacial score (nSPS) is 12.0. The lowest BCUT2D eigenvalue weighted by Crippen LogP contribution is -2.47. The number of carbonyl (C=O) groups excluding carboxylic acids is 4. The van der Waals surface area contributed by atoms with Gasteiger partial charge in [-0.3, -0.25) is 14.4 Å². The number of benzene rings is 1. The quantitative estimate of drug-likeness (QED) is 0.177. The molecule has 0 aromatic heterocycles. The van der Waals surface area contributed by atoms with Crippen LogP contribution in [0, 0.1) is 5.92 Å². The Balaban J connectivity index is 2.57. The monoisotopic (exact) mass is 549 g/mol. The topological polar surface area (TPSA) is 147 Å². The number of amides is 4. The van der Waals surface area contributed by atoms with Crippen LogP contribution in [0.2, 0.25) is 0 Å². The molecule has 0 saturated carbocycles. The highest BCUT2D eigenvalue weighted by Gasteiger charge is 2.22. The lowest BCUT2D eigenvalue weighted by molar-refractivity contribution is -0.128. The van der Waals surface area contributed by atoms with E-state index in [1.165, 1.54) is 7.05 Å². The van der Waals surface area contributed by atoms with Crippen LogP contribution in [0.1, 0.15) is 65.4 Å². The van der Waals surface area contributed by atoms with Gasteiger partial charge in [-0.05, 0) is 76.7 Å². The molecule has 220 valence electrons. The van der Waals surface area contributed by atoms with Crippen molar-refractivity contribution in [2.24, 2.45) is 5.92 Å². The fourth-order valence-electron chi connectivity index (χ4n) is 3.46. The molecule has 11 heteroatoms. The first-order chi connectivity index (χ1) is 18.5. The van der Waals surface area contributed by atoms with Crippen LogP contribution in [0.15, 0.2) is 24.3 Å². The summed E-state index contributed by atoms with van der Waals surface area (Å²) in [4.78, 5) is 49.0. The molecule has 1 aromatic carbocycles. The zero-order chi connectivity index (χ0) is 29.3. The van der Waals surface area contributed by atoms with Crippen LogP contribution >= 0.6 is 0 Å². The number of nitrogens with one attached hydrogen (secondary N) is 5. The third kappa shape index (κ3) is 15.7. The molecule has 0 fully saturated rings. The third-order valence-electron chi connectivity index (χ3n) is 5.96. The zero-order valence-corrected chi connectivity index (χ0v) is 24.3. The van der Waals surface area contributed by atoms with Gasteiger partial charge < -0.3 is 36.1 Å². The number of anilines is 1. The summed E-state index contributed by atoms with van der Waals surface area (Å²) < 4.78 is 10.9. The second-order valence-corrected chi connectivity index (χ2v) is 10.4. The van der Waals surface area contributed by atoms with Crippen LogP contribution in [0.5, 0.6) is 0 Å². The van der Waals surface area contributed by atoms with Gasteiger partial charge in [-0.15, -0.1) is 0 Å². The van der Waals surface area contributed by atoms with E-state index in [1.807, 2.05) is 20.9 Å². The summed E-state index contributed by atoms with van der Waals surface area (Å²) in [6.07, 6.45) is 2.29. The zero-order valence-electron chi connectivity index (χ0n) is 24.3. The Bertz CT molecular complexity index is 904. The van der Waals surface area contributed by atoms with E-state index < -0.39 is 23.6 Å². The summed E-state index contributed by atoms with van der Waals surface area (Å²) >= 11 is 0. The smallest absolute Gasteiger partial charge is 0.407 e. The van der Waals surface area contributed by atoms with E-state index in [9.17, 15) is 19.2 Å². The SMILES string of the molecule is CNCCC[C@H](NC(=O)CNC(=O)CCC(C)(C)OCCC(C)C)C(=O)Nc1ccc(COC(=O)NC)cc1. The fourth-order valence-corrected chi connectivity index (χ4v) is 3.46. The minimum absolute atomic E-state index is 0.102. The summed E-state index contributed by atoms with van der Waals surface area (Å²) in [5.74, 6) is -0.501. The summed E-state index contributed by atoms with van der Waals surface area (Å²) in [5.41, 5.74) is 0.875. The van der Waals surface area contributed by atoms with Gasteiger partial charge in [0.2, 0.25) is 17.7 Å². The van der Waals surface area contributed by atoms with Crippen molar-refractivity contribution in [2.75, 3.05) is 39.1 Å². The van der Waals surface area contributed by atoms with Gasteiger partial charge >= 0.3 is 6.09 Å². The molecule has 1 atom stereocenters. The fraction of sp³-hybridized carbons (Fsp3) is 0.643. The maximum atomic E-state index is 12.9. The molecule has 1 rings (SSSR count). The Morgan fingerprint density at radius 1 is 0.974 bits per heavy atom. The standard InChI is InChI=1S/C28H47N5O6/c1-20(2)14-17-39-28(3,4)15-13-24(34)31-18-25(35)33-23(8-7-16-29-5)26(36)32-22-11-9-21(10-12-22)19-38-27(37)30-6/h9-12,20,23,29H,7-8,13-19H2,1-6H3,(H,30,37)(H,31,34)(H,32,36)(H,33,35)/t23-/m0/s1. The average molecular weight is 550 g/mol. The first-order valence-electron chi connectivity index (χ1n) is 13.5. The summed E-state index contributed by atoms with van der Waals surface area (Å²) in [5, 5.41) is 13.6. The second kappa shape index (κ2) is 18.2. The lowest BCUT2D eigenvalue weighted by Gasteiger charge is -2.25. The van der Waals surface area contributed by atoms with Crippen molar-refractivity contribution in [3.05, 3.63) is 29.8 Å². The maximum Gasteiger partial charge on any atom is 0.407 e.